The van der Waals surface area contributed by atoms with Crippen LogP contribution < -0.4 is 0 Å². The molecule has 2 heterocycles. The normalized spacial score (nSPS) is 22.9. The average molecular weight is 303 g/mol. The number of morpholine rings is 1. The average Bonchev–Trinajstić information content (AvgIpc) is 3.29. The topological polar surface area (TPSA) is 51.4 Å². The molecule has 2 fully saturated rings. The molecule has 1 atom stereocenters. The molecule has 2 aromatic rings. The third-order valence-electron chi connectivity index (χ3n) is 4.18. The van der Waals surface area contributed by atoms with Gasteiger partial charge in [0.1, 0.15) is 5.82 Å². The molecule has 116 valence electrons. The summed E-state index contributed by atoms with van der Waals surface area (Å²) in [6.45, 7) is 2.86. The van der Waals surface area contributed by atoms with E-state index in [0.29, 0.717) is 25.0 Å². The molecular weight excluding hydrogens is 285 g/mol. The second kappa shape index (κ2) is 5.78. The van der Waals surface area contributed by atoms with Crippen LogP contribution in [0.3, 0.4) is 0 Å². The summed E-state index contributed by atoms with van der Waals surface area (Å²) >= 11 is 0. The fourth-order valence-electron chi connectivity index (χ4n) is 2.76. The zero-order valence-corrected chi connectivity index (χ0v) is 12.2. The number of aromatic nitrogens is 2. The van der Waals surface area contributed by atoms with Crippen LogP contribution in [0.15, 0.2) is 28.8 Å². The highest BCUT2D eigenvalue weighted by molar-refractivity contribution is 5.19. The largest absolute Gasteiger partial charge is 0.371 e. The zero-order valence-electron chi connectivity index (χ0n) is 12.2. The summed E-state index contributed by atoms with van der Waals surface area (Å²) in [5.41, 5.74) is 0.996. The fourth-order valence-corrected chi connectivity index (χ4v) is 2.76. The molecule has 2 aliphatic rings. The Kier molecular flexibility index (Phi) is 3.63. The Hall–Kier alpha value is -1.79. The van der Waals surface area contributed by atoms with Gasteiger partial charge in [0.05, 0.1) is 19.3 Å². The van der Waals surface area contributed by atoms with Crippen molar-refractivity contribution in [2.45, 2.75) is 31.4 Å². The molecule has 4 rings (SSSR count). The minimum atomic E-state index is -0.227. The summed E-state index contributed by atoms with van der Waals surface area (Å²) in [4.78, 5) is 6.70. The molecule has 0 spiro atoms. The number of halogens is 1. The number of nitrogens with zero attached hydrogens (tertiary/aromatic N) is 3. The summed E-state index contributed by atoms with van der Waals surface area (Å²) in [6.07, 6.45) is 2.30. The molecule has 0 radical (unpaired) electrons. The molecule has 1 unspecified atom stereocenters. The molecule has 0 amide bonds. The van der Waals surface area contributed by atoms with Gasteiger partial charge in [-0.1, -0.05) is 17.3 Å². The highest BCUT2D eigenvalue weighted by Crippen LogP contribution is 2.38. The molecule has 1 aromatic heterocycles. The van der Waals surface area contributed by atoms with E-state index in [1.165, 1.54) is 25.0 Å². The molecule has 22 heavy (non-hydrogen) atoms. The molecule has 5 nitrogen and oxygen atoms in total. The Bertz CT molecular complexity index is 639. The van der Waals surface area contributed by atoms with Gasteiger partial charge >= 0.3 is 0 Å². The molecule has 1 aliphatic carbocycles. The van der Waals surface area contributed by atoms with Gasteiger partial charge in [0.25, 0.3) is 0 Å². The van der Waals surface area contributed by atoms with E-state index in [0.717, 1.165) is 24.5 Å². The van der Waals surface area contributed by atoms with Crippen LogP contribution >= 0.6 is 0 Å². The smallest absolute Gasteiger partial charge is 0.240 e. The summed E-state index contributed by atoms with van der Waals surface area (Å²) in [5, 5.41) is 4.04. The van der Waals surface area contributed by atoms with E-state index >= 15 is 0 Å². The van der Waals surface area contributed by atoms with Gasteiger partial charge in [-0.25, -0.2) is 4.39 Å². The molecular formula is C16H18FN3O2. The van der Waals surface area contributed by atoms with Gasteiger partial charge in [-0.3, -0.25) is 4.90 Å². The van der Waals surface area contributed by atoms with Gasteiger partial charge in [0, 0.05) is 19.0 Å². The van der Waals surface area contributed by atoms with Crippen molar-refractivity contribution in [3.63, 3.8) is 0 Å². The van der Waals surface area contributed by atoms with Gasteiger partial charge in [-0.05, 0) is 30.5 Å². The zero-order chi connectivity index (χ0) is 14.9. The Morgan fingerprint density at radius 3 is 2.82 bits per heavy atom. The standard InChI is InChI=1S/C16H18FN3O2/c17-13-5-3-11(4-6-13)14-9-20(7-8-21-14)10-15-18-16(19-22-15)12-1-2-12/h3-6,12,14H,1-2,7-10H2. The summed E-state index contributed by atoms with van der Waals surface area (Å²) in [5.74, 6) is 1.80. The highest BCUT2D eigenvalue weighted by Gasteiger charge is 2.29. The molecule has 6 heteroatoms. The van der Waals surface area contributed by atoms with Crippen LogP contribution in [0.5, 0.6) is 0 Å². The summed E-state index contributed by atoms with van der Waals surface area (Å²) in [7, 11) is 0. The summed E-state index contributed by atoms with van der Waals surface area (Å²) in [6, 6.07) is 6.50. The van der Waals surface area contributed by atoms with Crippen molar-refractivity contribution in [3.05, 3.63) is 47.4 Å². The van der Waals surface area contributed by atoms with Gasteiger partial charge in [0.15, 0.2) is 5.82 Å². The maximum absolute atomic E-state index is 13.0. The fraction of sp³-hybridized carbons (Fsp3) is 0.500. The lowest BCUT2D eigenvalue weighted by Crippen LogP contribution is -2.37. The van der Waals surface area contributed by atoms with E-state index in [-0.39, 0.29) is 11.9 Å². The van der Waals surface area contributed by atoms with Crippen molar-refractivity contribution < 1.29 is 13.7 Å². The van der Waals surface area contributed by atoms with Crippen molar-refractivity contribution in [1.82, 2.24) is 15.0 Å². The maximum atomic E-state index is 13.0. The molecule has 1 saturated heterocycles. The van der Waals surface area contributed by atoms with Gasteiger partial charge in [-0.2, -0.15) is 4.98 Å². The van der Waals surface area contributed by atoms with E-state index in [1.54, 1.807) is 12.1 Å². The van der Waals surface area contributed by atoms with Crippen LogP contribution in [0.2, 0.25) is 0 Å². The molecule has 0 N–H and O–H groups in total. The van der Waals surface area contributed by atoms with Crippen molar-refractivity contribution in [1.29, 1.82) is 0 Å². The van der Waals surface area contributed by atoms with Crippen LogP contribution in [0.25, 0.3) is 0 Å². The SMILES string of the molecule is Fc1ccc(C2CN(Cc3nc(C4CC4)no3)CCO2)cc1. The third-order valence-corrected chi connectivity index (χ3v) is 4.18. The number of hydrogen-bond donors (Lipinski definition) is 0. The minimum absolute atomic E-state index is 0.0415. The van der Waals surface area contributed by atoms with Crippen molar-refractivity contribution in [3.8, 4) is 0 Å². The van der Waals surface area contributed by atoms with Crippen LogP contribution in [0.1, 0.15) is 42.1 Å². The molecule has 0 bridgehead atoms. The van der Waals surface area contributed by atoms with Crippen molar-refractivity contribution >= 4 is 0 Å². The lowest BCUT2D eigenvalue weighted by atomic mass is 10.1. The lowest BCUT2D eigenvalue weighted by molar-refractivity contribution is -0.0356. The van der Waals surface area contributed by atoms with Crippen LogP contribution in [-0.2, 0) is 11.3 Å². The first kappa shape index (κ1) is 13.8. The maximum Gasteiger partial charge on any atom is 0.240 e. The predicted octanol–water partition coefficient (Wildman–Crippen LogP) is 2.66. The lowest BCUT2D eigenvalue weighted by Gasteiger charge is -2.32. The first-order chi connectivity index (χ1) is 10.8. The van der Waals surface area contributed by atoms with Crippen molar-refractivity contribution in [2.75, 3.05) is 19.7 Å². The van der Waals surface area contributed by atoms with E-state index in [9.17, 15) is 4.39 Å². The van der Waals surface area contributed by atoms with Crippen LogP contribution in [-0.4, -0.2) is 34.7 Å². The Morgan fingerprint density at radius 2 is 2.05 bits per heavy atom. The molecule has 1 aliphatic heterocycles. The predicted molar refractivity (Wildman–Crippen MR) is 76.6 cm³/mol. The van der Waals surface area contributed by atoms with E-state index in [1.807, 2.05) is 0 Å². The van der Waals surface area contributed by atoms with E-state index in [2.05, 4.69) is 15.0 Å². The second-order valence-electron chi connectivity index (χ2n) is 5.97. The van der Waals surface area contributed by atoms with E-state index < -0.39 is 0 Å². The monoisotopic (exact) mass is 303 g/mol. The third kappa shape index (κ3) is 3.03. The minimum Gasteiger partial charge on any atom is -0.371 e. The molecule has 1 saturated carbocycles. The van der Waals surface area contributed by atoms with Crippen LogP contribution in [0.4, 0.5) is 4.39 Å². The van der Waals surface area contributed by atoms with Gasteiger partial charge < -0.3 is 9.26 Å². The van der Waals surface area contributed by atoms with Crippen LogP contribution in [0, 0.1) is 5.82 Å². The van der Waals surface area contributed by atoms with Crippen molar-refractivity contribution in [2.24, 2.45) is 0 Å². The molecule has 1 aromatic carbocycles. The highest BCUT2D eigenvalue weighted by atomic mass is 19.1. The first-order valence-electron chi connectivity index (χ1n) is 7.70. The van der Waals surface area contributed by atoms with Gasteiger partial charge in [0.2, 0.25) is 5.89 Å². The quantitative estimate of drug-likeness (QED) is 0.869. The number of hydrogen-bond acceptors (Lipinski definition) is 5. The number of benzene rings is 1. The first-order valence-corrected chi connectivity index (χ1v) is 7.70. The van der Waals surface area contributed by atoms with E-state index in [4.69, 9.17) is 9.26 Å². The van der Waals surface area contributed by atoms with Gasteiger partial charge in [-0.15, -0.1) is 0 Å². The Morgan fingerprint density at radius 1 is 1.23 bits per heavy atom. The Balaban J connectivity index is 1.40. The number of ether oxygens (including phenoxy) is 1. The Labute approximate surface area is 128 Å². The second-order valence-corrected chi connectivity index (χ2v) is 5.97. The number of rotatable bonds is 4. The summed E-state index contributed by atoms with van der Waals surface area (Å²) < 4.78 is 24.1.